The monoisotopic (exact) mass is 536 g/mol. The van der Waals surface area contributed by atoms with E-state index in [2.05, 4.69) is 133 Å². The fraction of sp³-hybridized carbons (Fsp3) is 0. The van der Waals surface area contributed by atoms with Crippen LogP contribution in [0.15, 0.2) is 170 Å². The predicted octanol–water partition coefficient (Wildman–Crippen LogP) is 5.86. The summed E-state index contributed by atoms with van der Waals surface area (Å²) in [5.41, 5.74) is 4.05. The molecular formula is C40H28Si. The molecule has 0 heterocycles. The Morgan fingerprint density at radius 3 is 0.805 bits per heavy atom. The summed E-state index contributed by atoms with van der Waals surface area (Å²) in [6, 6.07) is 60.0. The van der Waals surface area contributed by atoms with Gasteiger partial charge in [-0.05, 0) is 69.3 Å². The largest absolute Gasteiger partial charge is 0.179 e. The second kappa shape index (κ2) is 12.2. The van der Waals surface area contributed by atoms with Gasteiger partial charge in [0.25, 0.3) is 0 Å². The van der Waals surface area contributed by atoms with Crippen LogP contribution >= 0.6 is 0 Å². The number of benzene rings is 6. The van der Waals surface area contributed by atoms with Crippen molar-refractivity contribution in [3.8, 4) is 23.7 Å². The Hall–Kier alpha value is -5.34. The highest BCUT2D eigenvalue weighted by molar-refractivity contribution is 7.19. The number of rotatable bonds is 4. The molecule has 6 aromatic rings. The summed E-state index contributed by atoms with van der Waals surface area (Å²) in [4.78, 5) is 0. The zero-order valence-electron chi connectivity index (χ0n) is 22.7. The Labute approximate surface area is 244 Å². The fourth-order valence-electron chi connectivity index (χ4n) is 5.32. The van der Waals surface area contributed by atoms with Gasteiger partial charge in [0.05, 0.1) is 0 Å². The highest BCUT2D eigenvalue weighted by Crippen LogP contribution is 2.11. The Kier molecular flexibility index (Phi) is 7.73. The van der Waals surface area contributed by atoms with Gasteiger partial charge in [0.15, 0.2) is 8.07 Å². The summed E-state index contributed by atoms with van der Waals surface area (Å²) >= 11 is 0. The first-order valence-electron chi connectivity index (χ1n) is 13.8. The minimum atomic E-state index is -2.62. The summed E-state index contributed by atoms with van der Waals surface area (Å²) in [7, 11) is -2.62. The fourth-order valence-corrected chi connectivity index (χ4v) is 10.0. The topological polar surface area (TPSA) is 0 Å². The van der Waals surface area contributed by atoms with Crippen molar-refractivity contribution < 1.29 is 0 Å². The second-order valence-corrected chi connectivity index (χ2v) is 13.7. The highest BCUT2D eigenvalue weighted by Gasteiger charge is 2.41. The molecule has 0 radical (unpaired) electrons. The van der Waals surface area contributed by atoms with Crippen molar-refractivity contribution in [3.05, 3.63) is 192 Å². The van der Waals surface area contributed by atoms with Gasteiger partial charge in [-0.2, -0.15) is 0 Å². The molecular weight excluding hydrogens is 509 g/mol. The second-order valence-electron chi connectivity index (χ2n) is 9.87. The van der Waals surface area contributed by atoms with Crippen LogP contribution in [0.4, 0.5) is 0 Å². The zero-order valence-corrected chi connectivity index (χ0v) is 23.7. The van der Waals surface area contributed by atoms with Gasteiger partial charge >= 0.3 is 0 Å². The van der Waals surface area contributed by atoms with Crippen LogP contribution in [0.1, 0.15) is 22.3 Å². The molecule has 0 N–H and O–H groups in total. The van der Waals surface area contributed by atoms with Crippen molar-refractivity contribution in [2.75, 3.05) is 0 Å². The van der Waals surface area contributed by atoms with Crippen molar-refractivity contribution in [2.24, 2.45) is 0 Å². The van der Waals surface area contributed by atoms with Crippen LogP contribution in [0.3, 0.4) is 0 Å². The molecule has 6 aromatic carbocycles. The highest BCUT2D eigenvalue weighted by atomic mass is 28.3. The van der Waals surface area contributed by atoms with Crippen LogP contribution in [0.25, 0.3) is 0 Å². The molecule has 0 atom stereocenters. The molecule has 0 spiro atoms. The SMILES string of the molecule is C(#Cc1ccc([Si](c2ccccc2)(c2ccccc2)c2ccc(C#Cc3ccccc3)cc2)cc1)c1ccccc1. The molecule has 0 fully saturated rings. The summed E-state index contributed by atoms with van der Waals surface area (Å²) in [5.74, 6) is 13.3. The average Bonchev–Trinajstić information content (AvgIpc) is 3.06. The van der Waals surface area contributed by atoms with Gasteiger partial charge in [0, 0.05) is 22.3 Å². The Morgan fingerprint density at radius 1 is 0.244 bits per heavy atom. The molecule has 0 aliphatic carbocycles. The van der Waals surface area contributed by atoms with Gasteiger partial charge in [0.2, 0.25) is 0 Å². The lowest BCUT2D eigenvalue weighted by molar-refractivity contribution is 1.61. The van der Waals surface area contributed by atoms with Crippen LogP contribution in [0.5, 0.6) is 0 Å². The molecule has 192 valence electrons. The zero-order chi connectivity index (χ0) is 27.7. The Balaban J connectivity index is 1.47. The van der Waals surface area contributed by atoms with E-state index in [-0.39, 0.29) is 0 Å². The molecule has 0 aliphatic heterocycles. The van der Waals surface area contributed by atoms with Crippen molar-refractivity contribution in [1.82, 2.24) is 0 Å². The van der Waals surface area contributed by atoms with Gasteiger partial charge in [-0.15, -0.1) is 0 Å². The summed E-state index contributed by atoms with van der Waals surface area (Å²) in [6.45, 7) is 0. The molecule has 6 rings (SSSR count). The first-order valence-corrected chi connectivity index (χ1v) is 15.8. The molecule has 0 unspecified atom stereocenters. The van der Waals surface area contributed by atoms with E-state index in [9.17, 15) is 0 Å². The van der Waals surface area contributed by atoms with Crippen LogP contribution < -0.4 is 20.7 Å². The molecule has 0 nitrogen and oxygen atoms in total. The predicted molar refractivity (Wildman–Crippen MR) is 175 cm³/mol. The van der Waals surface area contributed by atoms with E-state index in [4.69, 9.17) is 0 Å². The maximum atomic E-state index is 3.34. The van der Waals surface area contributed by atoms with E-state index in [0.717, 1.165) is 22.3 Å². The maximum Gasteiger partial charge on any atom is 0.179 e. The maximum absolute atomic E-state index is 3.34. The first kappa shape index (κ1) is 25.9. The third-order valence-electron chi connectivity index (χ3n) is 7.30. The standard InChI is InChI=1S/C40H28Si/c1-5-13-33(14-6-1)21-23-35-25-29-39(30-26-35)41(37-17-9-3-10-18-37,38-19-11-4-12-20-38)40-31-27-36(28-32-40)24-22-34-15-7-2-8-16-34/h1-20,25-32H. The minimum absolute atomic E-state index is 1.01. The molecule has 1 heteroatoms. The molecule has 0 amide bonds. The van der Waals surface area contributed by atoms with Gasteiger partial charge in [-0.1, -0.05) is 145 Å². The molecule has 0 bridgehead atoms. The van der Waals surface area contributed by atoms with E-state index >= 15 is 0 Å². The van der Waals surface area contributed by atoms with E-state index < -0.39 is 8.07 Å². The van der Waals surface area contributed by atoms with Gasteiger partial charge in [-0.25, -0.2) is 0 Å². The average molecular weight is 537 g/mol. The van der Waals surface area contributed by atoms with Crippen molar-refractivity contribution in [2.45, 2.75) is 0 Å². The minimum Gasteiger partial charge on any atom is -0.0623 e. The quantitative estimate of drug-likeness (QED) is 0.150. The smallest absolute Gasteiger partial charge is 0.0623 e. The summed E-state index contributed by atoms with van der Waals surface area (Å²) < 4.78 is 0. The van der Waals surface area contributed by atoms with Crippen molar-refractivity contribution in [3.63, 3.8) is 0 Å². The van der Waals surface area contributed by atoms with E-state index in [1.807, 2.05) is 60.7 Å². The Morgan fingerprint density at radius 2 is 0.488 bits per heavy atom. The first-order chi connectivity index (χ1) is 20.3. The number of hydrogen-bond donors (Lipinski definition) is 0. The van der Waals surface area contributed by atoms with Crippen LogP contribution in [0, 0.1) is 23.7 Å². The lowest BCUT2D eigenvalue weighted by atomic mass is 10.2. The van der Waals surface area contributed by atoms with Crippen molar-refractivity contribution >= 4 is 28.8 Å². The molecule has 0 saturated carbocycles. The van der Waals surface area contributed by atoms with Gasteiger partial charge in [0.1, 0.15) is 0 Å². The van der Waals surface area contributed by atoms with Gasteiger partial charge in [-0.3, -0.25) is 0 Å². The van der Waals surface area contributed by atoms with Crippen LogP contribution in [0.2, 0.25) is 0 Å². The van der Waals surface area contributed by atoms with E-state index in [1.165, 1.54) is 20.7 Å². The normalized spacial score (nSPS) is 10.5. The Bertz CT molecular complexity index is 1690. The number of hydrogen-bond acceptors (Lipinski definition) is 0. The van der Waals surface area contributed by atoms with Crippen LogP contribution in [-0.4, -0.2) is 8.07 Å². The molecule has 0 saturated heterocycles. The lowest BCUT2D eigenvalue weighted by Gasteiger charge is -2.34. The third kappa shape index (κ3) is 5.68. The summed E-state index contributed by atoms with van der Waals surface area (Å²) in [6.07, 6.45) is 0. The molecule has 41 heavy (non-hydrogen) atoms. The van der Waals surface area contributed by atoms with E-state index in [0.29, 0.717) is 0 Å². The van der Waals surface area contributed by atoms with Gasteiger partial charge < -0.3 is 0 Å². The lowest BCUT2D eigenvalue weighted by Crippen LogP contribution is -2.74. The molecule has 0 aliphatic rings. The molecule has 0 aromatic heterocycles. The van der Waals surface area contributed by atoms with E-state index in [1.54, 1.807) is 0 Å². The van der Waals surface area contributed by atoms with Crippen LogP contribution in [-0.2, 0) is 0 Å². The van der Waals surface area contributed by atoms with Crippen molar-refractivity contribution in [1.29, 1.82) is 0 Å². The summed E-state index contributed by atoms with van der Waals surface area (Å²) in [5, 5.41) is 5.33. The third-order valence-corrected chi connectivity index (χ3v) is 12.1.